The lowest BCUT2D eigenvalue weighted by atomic mass is 9.87. The lowest BCUT2D eigenvalue weighted by Gasteiger charge is -2.36. The summed E-state index contributed by atoms with van der Waals surface area (Å²) in [4.78, 5) is 14.9. The number of benzene rings is 1. The molecule has 2 aliphatic heterocycles. The summed E-state index contributed by atoms with van der Waals surface area (Å²) >= 11 is 0. The van der Waals surface area contributed by atoms with Crippen LogP contribution in [0.4, 0.5) is 0 Å². The highest BCUT2D eigenvalue weighted by Gasteiger charge is 2.33. The number of carbonyl (C=O) groups excluding carboxylic acids is 1. The summed E-state index contributed by atoms with van der Waals surface area (Å²) in [5.41, 5.74) is 1.59. The molecule has 1 atom stereocenters. The van der Waals surface area contributed by atoms with Crippen molar-refractivity contribution in [2.75, 3.05) is 32.7 Å². The molecular formula is C19H29N3O. The van der Waals surface area contributed by atoms with Gasteiger partial charge in [0.2, 0.25) is 5.91 Å². The smallest absolute Gasteiger partial charge is 0.223 e. The fraction of sp³-hybridized carbons (Fsp3) is 0.632. The Hall–Kier alpha value is -1.39. The molecule has 1 unspecified atom stereocenters. The first-order valence-electron chi connectivity index (χ1n) is 8.89. The number of nitrogens with one attached hydrogen (secondary N) is 2. The zero-order valence-corrected chi connectivity index (χ0v) is 14.2. The number of hydrogen-bond acceptors (Lipinski definition) is 3. The average Bonchev–Trinajstić information content (AvgIpc) is 3.00. The van der Waals surface area contributed by atoms with Crippen molar-refractivity contribution in [1.82, 2.24) is 15.5 Å². The van der Waals surface area contributed by atoms with Crippen LogP contribution in [0.2, 0.25) is 0 Å². The fourth-order valence-electron chi connectivity index (χ4n) is 3.83. The van der Waals surface area contributed by atoms with Gasteiger partial charge in [-0.1, -0.05) is 37.3 Å². The normalized spacial score (nSPS) is 26.3. The van der Waals surface area contributed by atoms with Crippen LogP contribution in [0.5, 0.6) is 0 Å². The molecular weight excluding hydrogens is 286 g/mol. The van der Waals surface area contributed by atoms with Crippen molar-refractivity contribution in [3.05, 3.63) is 35.9 Å². The molecule has 0 radical (unpaired) electrons. The molecule has 0 spiro atoms. The molecule has 1 aromatic carbocycles. The van der Waals surface area contributed by atoms with E-state index in [0.717, 1.165) is 39.0 Å². The van der Waals surface area contributed by atoms with Gasteiger partial charge in [0.05, 0.1) is 0 Å². The van der Waals surface area contributed by atoms with E-state index in [1.165, 1.54) is 18.5 Å². The predicted octanol–water partition coefficient (Wildman–Crippen LogP) is 2.01. The second-order valence-electron chi connectivity index (χ2n) is 7.49. The van der Waals surface area contributed by atoms with E-state index in [1.807, 2.05) is 18.2 Å². The third-order valence-corrected chi connectivity index (χ3v) is 5.33. The number of nitrogens with zero attached hydrogens (tertiary/aromatic N) is 1. The first-order valence-corrected chi connectivity index (χ1v) is 8.89. The van der Waals surface area contributed by atoms with E-state index in [2.05, 4.69) is 34.6 Å². The first-order chi connectivity index (χ1) is 11.1. The third kappa shape index (κ3) is 4.55. The van der Waals surface area contributed by atoms with Crippen molar-refractivity contribution >= 4 is 5.91 Å². The van der Waals surface area contributed by atoms with Crippen molar-refractivity contribution in [2.45, 2.75) is 32.7 Å². The van der Waals surface area contributed by atoms with Gasteiger partial charge in [0.15, 0.2) is 0 Å². The van der Waals surface area contributed by atoms with Crippen LogP contribution in [0.25, 0.3) is 0 Å². The minimum Gasteiger partial charge on any atom is -0.352 e. The summed E-state index contributed by atoms with van der Waals surface area (Å²) in [6, 6.07) is 10.1. The lowest BCUT2D eigenvalue weighted by molar-refractivity contribution is -0.126. The van der Waals surface area contributed by atoms with Crippen LogP contribution in [-0.2, 0) is 11.3 Å². The molecule has 0 bridgehead atoms. The zero-order valence-electron chi connectivity index (χ0n) is 14.2. The van der Waals surface area contributed by atoms with Crippen molar-refractivity contribution in [1.29, 1.82) is 0 Å². The third-order valence-electron chi connectivity index (χ3n) is 5.33. The molecule has 2 N–H and O–H groups in total. The van der Waals surface area contributed by atoms with E-state index in [1.54, 1.807) is 0 Å². The van der Waals surface area contributed by atoms with Crippen molar-refractivity contribution < 1.29 is 4.79 Å². The van der Waals surface area contributed by atoms with Crippen LogP contribution in [-0.4, -0.2) is 43.5 Å². The molecule has 2 saturated heterocycles. The van der Waals surface area contributed by atoms with E-state index >= 15 is 0 Å². The number of likely N-dealkylation sites (tertiary alicyclic amines) is 1. The van der Waals surface area contributed by atoms with Gasteiger partial charge in [0, 0.05) is 25.6 Å². The number of hydrogen-bond donors (Lipinski definition) is 2. The Morgan fingerprint density at radius 1 is 1.30 bits per heavy atom. The minimum atomic E-state index is 0.185. The first kappa shape index (κ1) is 16.5. The number of carbonyl (C=O) groups is 1. The Kier molecular flexibility index (Phi) is 5.34. The summed E-state index contributed by atoms with van der Waals surface area (Å²) in [6.45, 7) is 8.57. The van der Waals surface area contributed by atoms with Crippen molar-refractivity contribution in [3.8, 4) is 0 Å². The van der Waals surface area contributed by atoms with Crippen molar-refractivity contribution in [3.63, 3.8) is 0 Å². The summed E-state index contributed by atoms with van der Waals surface area (Å²) in [7, 11) is 0. The minimum absolute atomic E-state index is 0.185. The standard InChI is InChI=1S/C19H29N3O/c1-19(9-10-20-14-19)15-22-11-7-17(8-12-22)18(23)21-13-16-5-3-2-4-6-16/h2-6,17,20H,7-15H2,1H3,(H,21,23). The molecule has 126 valence electrons. The van der Waals surface area contributed by atoms with Crippen LogP contribution in [0.1, 0.15) is 31.7 Å². The van der Waals surface area contributed by atoms with E-state index in [4.69, 9.17) is 0 Å². The SMILES string of the molecule is CC1(CN2CCC(C(=O)NCc3ccccc3)CC2)CCNC1. The molecule has 23 heavy (non-hydrogen) atoms. The van der Waals surface area contributed by atoms with Crippen LogP contribution in [0.15, 0.2) is 30.3 Å². The van der Waals surface area contributed by atoms with Crippen LogP contribution >= 0.6 is 0 Å². The molecule has 1 aromatic rings. The lowest BCUT2D eigenvalue weighted by Crippen LogP contribution is -2.44. The molecule has 3 rings (SSSR count). The molecule has 1 amide bonds. The average molecular weight is 315 g/mol. The van der Waals surface area contributed by atoms with Gasteiger partial charge in [-0.05, 0) is 49.9 Å². The Bertz CT molecular complexity index is 503. The highest BCUT2D eigenvalue weighted by Crippen LogP contribution is 2.28. The molecule has 0 saturated carbocycles. The number of amides is 1. The topological polar surface area (TPSA) is 44.4 Å². The summed E-state index contributed by atoms with van der Waals surface area (Å²) in [6.07, 6.45) is 3.25. The largest absolute Gasteiger partial charge is 0.352 e. The van der Waals surface area contributed by atoms with Gasteiger partial charge < -0.3 is 15.5 Å². The van der Waals surface area contributed by atoms with Gasteiger partial charge in [0.25, 0.3) is 0 Å². The Balaban J connectivity index is 1.40. The van der Waals surface area contributed by atoms with Gasteiger partial charge >= 0.3 is 0 Å². The van der Waals surface area contributed by atoms with E-state index in [-0.39, 0.29) is 11.8 Å². The second-order valence-corrected chi connectivity index (χ2v) is 7.49. The Morgan fingerprint density at radius 3 is 2.70 bits per heavy atom. The Labute approximate surface area is 139 Å². The quantitative estimate of drug-likeness (QED) is 0.874. The highest BCUT2D eigenvalue weighted by atomic mass is 16.1. The molecule has 2 heterocycles. The molecule has 4 nitrogen and oxygen atoms in total. The van der Waals surface area contributed by atoms with Gasteiger partial charge in [-0.15, -0.1) is 0 Å². The maximum absolute atomic E-state index is 12.3. The monoisotopic (exact) mass is 315 g/mol. The summed E-state index contributed by atoms with van der Waals surface area (Å²) < 4.78 is 0. The maximum Gasteiger partial charge on any atom is 0.223 e. The molecule has 0 aliphatic carbocycles. The molecule has 2 aliphatic rings. The molecule has 4 heteroatoms. The van der Waals surface area contributed by atoms with Gasteiger partial charge in [-0.3, -0.25) is 4.79 Å². The maximum atomic E-state index is 12.3. The molecule has 0 aromatic heterocycles. The van der Waals surface area contributed by atoms with Crippen molar-refractivity contribution in [2.24, 2.45) is 11.3 Å². The van der Waals surface area contributed by atoms with Crippen LogP contribution in [0.3, 0.4) is 0 Å². The summed E-state index contributed by atoms with van der Waals surface area (Å²) in [5.74, 6) is 0.409. The zero-order chi connectivity index (χ0) is 16.1. The van der Waals surface area contributed by atoms with Gasteiger partial charge in [-0.2, -0.15) is 0 Å². The van der Waals surface area contributed by atoms with E-state index in [9.17, 15) is 4.79 Å². The summed E-state index contributed by atoms with van der Waals surface area (Å²) in [5, 5.41) is 6.57. The number of piperidine rings is 1. The molecule has 2 fully saturated rings. The van der Waals surface area contributed by atoms with E-state index in [0.29, 0.717) is 12.0 Å². The fourth-order valence-corrected chi connectivity index (χ4v) is 3.83. The van der Waals surface area contributed by atoms with Gasteiger partial charge in [0.1, 0.15) is 0 Å². The number of rotatable bonds is 5. The highest BCUT2D eigenvalue weighted by molar-refractivity contribution is 5.78. The second kappa shape index (κ2) is 7.45. The van der Waals surface area contributed by atoms with E-state index < -0.39 is 0 Å². The van der Waals surface area contributed by atoms with Gasteiger partial charge in [-0.25, -0.2) is 0 Å². The van der Waals surface area contributed by atoms with Crippen LogP contribution in [0, 0.1) is 11.3 Å². The predicted molar refractivity (Wildman–Crippen MR) is 93.0 cm³/mol. The Morgan fingerprint density at radius 2 is 2.04 bits per heavy atom. The van der Waals surface area contributed by atoms with Crippen LogP contribution < -0.4 is 10.6 Å².